The molecule has 2 aromatic rings. The minimum atomic E-state index is -0.121. The van der Waals surface area contributed by atoms with Gasteiger partial charge < -0.3 is 10.3 Å². The second kappa shape index (κ2) is 4.23. The van der Waals surface area contributed by atoms with Crippen LogP contribution in [0.3, 0.4) is 0 Å². The number of nitrogens with zero attached hydrogens (tertiary/aromatic N) is 1. The van der Waals surface area contributed by atoms with Crippen molar-refractivity contribution in [2.24, 2.45) is 0 Å². The molecule has 16 heavy (non-hydrogen) atoms. The molecular formula is C13H14N2O. The molecule has 1 heterocycles. The Balaban J connectivity index is 2.67. The third kappa shape index (κ3) is 1.72. The average Bonchev–Trinajstić information content (AvgIpc) is 2.33. The van der Waals surface area contributed by atoms with E-state index in [0.29, 0.717) is 12.2 Å². The second-order valence-electron chi connectivity index (χ2n) is 3.59. The number of hydrogen-bond donors (Lipinski definition) is 1. The van der Waals surface area contributed by atoms with Crippen molar-refractivity contribution in [2.75, 3.05) is 5.73 Å². The maximum absolute atomic E-state index is 11.8. The lowest BCUT2D eigenvalue weighted by Crippen LogP contribution is -2.23. The third-order valence-electron chi connectivity index (χ3n) is 2.59. The quantitative estimate of drug-likeness (QED) is 0.832. The van der Waals surface area contributed by atoms with Crippen molar-refractivity contribution >= 4 is 5.69 Å². The Hall–Kier alpha value is -2.03. The highest BCUT2D eigenvalue weighted by Gasteiger charge is 2.06. The van der Waals surface area contributed by atoms with Gasteiger partial charge in [0.2, 0.25) is 0 Å². The Labute approximate surface area is 94.1 Å². The van der Waals surface area contributed by atoms with Crippen LogP contribution in [-0.2, 0) is 6.54 Å². The van der Waals surface area contributed by atoms with Gasteiger partial charge in [0.15, 0.2) is 0 Å². The summed E-state index contributed by atoms with van der Waals surface area (Å²) in [6.07, 6.45) is 0. The maximum Gasteiger partial charge on any atom is 0.274 e. The van der Waals surface area contributed by atoms with Gasteiger partial charge in [-0.05, 0) is 24.6 Å². The third-order valence-corrected chi connectivity index (χ3v) is 2.59. The first kappa shape index (κ1) is 10.5. The lowest BCUT2D eigenvalue weighted by Gasteiger charge is -2.11. The molecule has 2 rings (SSSR count). The van der Waals surface area contributed by atoms with Gasteiger partial charge >= 0.3 is 0 Å². The highest BCUT2D eigenvalue weighted by molar-refractivity contribution is 5.61. The second-order valence-corrected chi connectivity index (χ2v) is 3.59. The molecule has 3 nitrogen and oxygen atoms in total. The molecule has 0 saturated carbocycles. The van der Waals surface area contributed by atoms with Crippen LogP contribution in [0.5, 0.6) is 0 Å². The maximum atomic E-state index is 11.8. The summed E-state index contributed by atoms with van der Waals surface area (Å²) in [5.74, 6) is 0. The van der Waals surface area contributed by atoms with Crippen LogP contribution in [0.2, 0.25) is 0 Å². The molecule has 0 aliphatic carbocycles. The fourth-order valence-electron chi connectivity index (χ4n) is 1.77. The van der Waals surface area contributed by atoms with Gasteiger partial charge in [0.25, 0.3) is 5.56 Å². The number of nitrogens with two attached hydrogens (primary N) is 1. The van der Waals surface area contributed by atoms with Crippen LogP contribution in [0.15, 0.2) is 47.3 Å². The van der Waals surface area contributed by atoms with Crippen molar-refractivity contribution in [1.82, 2.24) is 4.57 Å². The molecule has 0 fully saturated rings. The molecule has 0 aliphatic heterocycles. The minimum Gasteiger partial charge on any atom is -0.394 e. The van der Waals surface area contributed by atoms with Crippen LogP contribution >= 0.6 is 0 Å². The van der Waals surface area contributed by atoms with Gasteiger partial charge in [0.1, 0.15) is 0 Å². The zero-order valence-electron chi connectivity index (χ0n) is 9.18. The van der Waals surface area contributed by atoms with E-state index in [1.807, 2.05) is 43.3 Å². The molecule has 3 heteroatoms. The lowest BCUT2D eigenvalue weighted by molar-refractivity contribution is 0.738. The number of nitrogen functional groups attached to an aromatic ring is 1. The molecule has 1 aromatic carbocycles. The van der Waals surface area contributed by atoms with Crippen LogP contribution in [0, 0.1) is 0 Å². The predicted molar refractivity (Wildman–Crippen MR) is 66.2 cm³/mol. The van der Waals surface area contributed by atoms with Crippen molar-refractivity contribution < 1.29 is 0 Å². The summed E-state index contributed by atoms with van der Waals surface area (Å²) in [6, 6.07) is 13.4. The van der Waals surface area contributed by atoms with E-state index in [-0.39, 0.29) is 5.56 Å². The van der Waals surface area contributed by atoms with Gasteiger partial charge in [-0.1, -0.05) is 30.3 Å². The summed E-state index contributed by atoms with van der Waals surface area (Å²) >= 11 is 0. The number of aromatic nitrogens is 1. The lowest BCUT2D eigenvalue weighted by atomic mass is 10.1. The first-order chi connectivity index (χ1) is 7.74. The van der Waals surface area contributed by atoms with Crippen LogP contribution in [0.25, 0.3) is 11.3 Å². The van der Waals surface area contributed by atoms with Crippen molar-refractivity contribution in [3.05, 3.63) is 52.8 Å². The van der Waals surface area contributed by atoms with Crippen LogP contribution < -0.4 is 11.3 Å². The fourth-order valence-corrected chi connectivity index (χ4v) is 1.77. The molecule has 0 amide bonds. The number of hydrogen-bond acceptors (Lipinski definition) is 2. The standard InChI is InChI=1S/C13H14N2O/c1-2-15-12(9-8-11(14)13(15)16)10-6-4-3-5-7-10/h3-9H,2,14H2,1H3. The fraction of sp³-hybridized carbons (Fsp3) is 0.154. The zero-order valence-corrected chi connectivity index (χ0v) is 9.18. The summed E-state index contributed by atoms with van der Waals surface area (Å²) in [7, 11) is 0. The smallest absolute Gasteiger partial charge is 0.274 e. The predicted octanol–water partition coefficient (Wildman–Crippen LogP) is 2.12. The highest BCUT2D eigenvalue weighted by Crippen LogP contribution is 2.17. The number of anilines is 1. The molecule has 0 radical (unpaired) electrons. The van der Waals surface area contributed by atoms with Crippen molar-refractivity contribution in [2.45, 2.75) is 13.5 Å². The molecule has 0 aliphatic rings. The number of benzene rings is 1. The zero-order chi connectivity index (χ0) is 11.5. The Morgan fingerprint density at radius 3 is 2.44 bits per heavy atom. The van der Waals surface area contributed by atoms with E-state index in [4.69, 9.17) is 5.73 Å². The van der Waals surface area contributed by atoms with Crippen molar-refractivity contribution in [3.8, 4) is 11.3 Å². The molecule has 0 atom stereocenters. The summed E-state index contributed by atoms with van der Waals surface area (Å²) in [6.45, 7) is 2.56. The van der Waals surface area contributed by atoms with Gasteiger partial charge in [0.05, 0.1) is 11.4 Å². The van der Waals surface area contributed by atoms with Gasteiger partial charge in [-0.2, -0.15) is 0 Å². The topological polar surface area (TPSA) is 48.0 Å². The molecule has 1 aromatic heterocycles. The van der Waals surface area contributed by atoms with E-state index < -0.39 is 0 Å². The van der Waals surface area contributed by atoms with E-state index >= 15 is 0 Å². The number of rotatable bonds is 2. The molecule has 0 bridgehead atoms. The monoisotopic (exact) mass is 214 g/mol. The highest BCUT2D eigenvalue weighted by atomic mass is 16.1. The Morgan fingerprint density at radius 2 is 1.81 bits per heavy atom. The normalized spacial score (nSPS) is 10.3. The average molecular weight is 214 g/mol. The Kier molecular flexibility index (Phi) is 2.77. The summed E-state index contributed by atoms with van der Waals surface area (Å²) in [4.78, 5) is 11.8. The molecule has 2 N–H and O–H groups in total. The largest absolute Gasteiger partial charge is 0.394 e. The van der Waals surface area contributed by atoms with Crippen LogP contribution in [0.4, 0.5) is 5.69 Å². The molecule has 0 unspecified atom stereocenters. The first-order valence-corrected chi connectivity index (χ1v) is 5.28. The SMILES string of the molecule is CCn1c(-c2ccccc2)ccc(N)c1=O. The van der Waals surface area contributed by atoms with Crippen LogP contribution in [0.1, 0.15) is 6.92 Å². The van der Waals surface area contributed by atoms with Gasteiger partial charge in [0, 0.05) is 6.54 Å². The molecular weight excluding hydrogens is 200 g/mol. The van der Waals surface area contributed by atoms with Crippen molar-refractivity contribution in [3.63, 3.8) is 0 Å². The summed E-state index contributed by atoms with van der Waals surface area (Å²) < 4.78 is 1.69. The van der Waals surface area contributed by atoms with E-state index in [2.05, 4.69) is 0 Å². The van der Waals surface area contributed by atoms with E-state index in [1.165, 1.54) is 0 Å². The van der Waals surface area contributed by atoms with Gasteiger partial charge in [-0.3, -0.25) is 4.79 Å². The number of pyridine rings is 1. The summed E-state index contributed by atoms with van der Waals surface area (Å²) in [5, 5.41) is 0. The van der Waals surface area contributed by atoms with E-state index in [1.54, 1.807) is 10.6 Å². The Bertz CT molecular complexity index is 544. The summed E-state index contributed by atoms with van der Waals surface area (Å²) in [5.41, 5.74) is 7.72. The van der Waals surface area contributed by atoms with Gasteiger partial charge in [-0.25, -0.2) is 0 Å². The molecule has 82 valence electrons. The molecule has 0 saturated heterocycles. The Morgan fingerprint density at radius 1 is 1.12 bits per heavy atom. The van der Waals surface area contributed by atoms with Crippen molar-refractivity contribution in [1.29, 1.82) is 0 Å². The van der Waals surface area contributed by atoms with Crippen LogP contribution in [-0.4, -0.2) is 4.57 Å². The van der Waals surface area contributed by atoms with E-state index in [9.17, 15) is 4.79 Å². The molecule has 0 spiro atoms. The first-order valence-electron chi connectivity index (χ1n) is 5.28. The van der Waals surface area contributed by atoms with E-state index in [0.717, 1.165) is 11.3 Å². The minimum absolute atomic E-state index is 0.121. The van der Waals surface area contributed by atoms with Gasteiger partial charge in [-0.15, -0.1) is 0 Å².